The summed E-state index contributed by atoms with van der Waals surface area (Å²) in [7, 11) is 0. The van der Waals surface area contributed by atoms with Gasteiger partial charge in [0.1, 0.15) is 5.60 Å². The smallest absolute Gasteiger partial charge is 0.410 e. The third kappa shape index (κ3) is 4.46. The second-order valence-corrected chi connectivity index (χ2v) is 6.46. The molecule has 1 amide bonds. The van der Waals surface area contributed by atoms with Crippen molar-refractivity contribution in [2.45, 2.75) is 58.8 Å². The van der Waals surface area contributed by atoms with Gasteiger partial charge in [0.2, 0.25) is 0 Å². The molecule has 2 rings (SSSR count). The lowest BCUT2D eigenvalue weighted by atomic mass is 10.2. The van der Waals surface area contributed by atoms with Crippen LogP contribution in [0.2, 0.25) is 0 Å². The molecule has 0 saturated carbocycles. The molecule has 1 aliphatic heterocycles. The fourth-order valence-electron chi connectivity index (χ4n) is 2.45. The molecule has 0 bridgehead atoms. The maximum Gasteiger partial charge on any atom is 0.410 e. The van der Waals surface area contributed by atoms with Gasteiger partial charge >= 0.3 is 6.09 Å². The SMILES string of the molecule is CCn1cncc1CNC1CCN(C(=O)OC(C)(C)C)C1. The molecule has 0 spiro atoms. The van der Waals surface area contributed by atoms with E-state index in [2.05, 4.69) is 21.8 Å². The van der Waals surface area contributed by atoms with Gasteiger partial charge in [-0.05, 0) is 34.1 Å². The van der Waals surface area contributed by atoms with Crippen LogP contribution in [0.15, 0.2) is 12.5 Å². The largest absolute Gasteiger partial charge is 0.444 e. The molecule has 21 heavy (non-hydrogen) atoms. The Balaban J connectivity index is 1.79. The molecule has 6 heteroatoms. The Morgan fingerprint density at radius 3 is 2.95 bits per heavy atom. The second-order valence-electron chi connectivity index (χ2n) is 6.46. The van der Waals surface area contributed by atoms with Crippen molar-refractivity contribution in [3.8, 4) is 0 Å². The number of amides is 1. The van der Waals surface area contributed by atoms with Crippen LogP contribution in [0.3, 0.4) is 0 Å². The molecular weight excluding hydrogens is 268 g/mol. The summed E-state index contributed by atoms with van der Waals surface area (Å²) in [5.74, 6) is 0. The molecule has 1 N–H and O–H groups in total. The highest BCUT2D eigenvalue weighted by molar-refractivity contribution is 5.68. The molecule has 1 aromatic rings. The minimum absolute atomic E-state index is 0.217. The molecule has 1 aliphatic rings. The molecule has 2 heterocycles. The van der Waals surface area contributed by atoms with E-state index < -0.39 is 5.60 Å². The first kappa shape index (κ1) is 15.8. The number of aromatic nitrogens is 2. The fraction of sp³-hybridized carbons (Fsp3) is 0.733. The highest BCUT2D eigenvalue weighted by atomic mass is 16.6. The number of aryl methyl sites for hydroxylation is 1. The van der Waals surface area contributed by atoms with Crippen LogP contribution in [-0.2, 0) is 17.8 Å². The van der Waals surface area contributed by atoms with Crippen molar-refractivity contribution >= 4 is 6.09 Å². The van der Waals surface area contributed by atoms with Gasteiger partial charge in [-0.2, -0.15) is 0 Å². The number of nitrogens with one attached hydrogen (secondary N) is 1. The average Bonchev–Trinajstić information content (AvgIpc) is 3.03. The number of carbonyl (C=O) groups is 1. The molecule has 1 aromatic heterocycles. The van der Waals surface area contributed by atoms with E-state index in [0.717, 1.165) is 26.1 Å². The van der Waals surface area contributed by atoms with Crippen LogP contribution in [0.1, 0.15) is 39.8 Å². The first-order valence-corrected chi connectivity index (χ1v) is 7.59. The molecule has 1 saturated heterocycles. The van der Waals surface area contributed by atoms with Crippen molar-refractivity contribution < 1.29 is 9.53 Å². The van der Waals surface area contributed by atoms with Gasteiger partial charge in [-0.3, -0.25) is 0 Å². The molecular formula is C15H26N4O2. The molecule has 1 atom stereocenters. The lowest BCUT2D eigenvalue weighted by Gasteiger charge is -2.24. The number of nitrogens with zero attached hydrogens (tertiary/aromatic N) is 3. The van der Waals surface area contributed by atoms with Crippen LogP contribution >= 0.6 is 0 Å². The predicted molar refractivity (Wildman–Crippen MR) is 81.0 cm³/mol. The Morgan fingerprint density at radius 1 is 1.52 bits per heavy atom. The minimum atomic E-state index is -0.434. The maximum absolute atomic E-state index is 12.0. The Labute approximate surface area is 126 Å². The number of hydrogen-bond acceptors (Lipinski definition) is 4. The average molecular weight is 294 g/mol. The van der Waals surface area contributed by atoms with Gasteiger partial charge in [0.25, 0.3) is 0 Å². The zero-order valence-corrected chi connectivity index (χ0v) is 13.4. The molecule has 6 nitrogen and oxygen atoms in total. The fourth-order valence-corrected chi connectivity index (χ4v) is 2.45. The van der Waals surface area contributed by atoms with E-state index in [-0.39, 0.29) is 6.09 Å². The van der Waals surface area contributed by atoms with Gasteiger partial charge in [0.05, 0.1) is 12.0 Å². The first-order valence-electron chi connectivity index (χ1n) is 7.59. The van der Waals surface area contributed by atoms with Gasteiger partial charge in [0, 0.05) is 38.4 Å². The van der Waals surface area contributed by atoms with Gasteiger partial charge in [-0.15, -0.1) is 0 Å². The number of carbonyl (C=O) groups excluding carboxylic acids is 1. The third-order valence-corrected chi connectivity index (χ3v) is 3.55. The first-order chi connectivity index (χ1) is 9.89. The van der Waals surface area contributed by atoms with Gasteiger partial charge < -0.3 is 19.5 Å². The summed E-state index contributed by atoms with van der Waals surface area (Å²) in [6, 6.07) is 0.317. The van der Waals surface area contributed by atoms with Crippen molar-refractivity contribution in [2.75, 3.05) is 13.1 Å². The monoisotopic (exact) mass is 294 g/mol. The Kier molecular flexibility index (Phi) is 4.88. The summed E-state index contributed by atoms with van der Waals surface area (Å²) in [5, 5.41) is 3.50. The van der Waals surface area contributed by atoms with E-state index in [4.69, 9.17) is 4.74 Å². The number of likely N-dealkylation sites (tertiary alicyclic amines) is 1. The summed E-state index contributed by atoms with van der Waals surface area (Å²) in [6.07, 6.45) is 4.47. The van der Waals surface area contributed by atoms with Crippen molar-refractivity contribution in [2.24, 2.45) is 0 Å². The highest BCUT2D eigenvalue weighted by Crippen LogP contribution is 2.15. The topological polar surface area (TPSA) is 59.4 Å². The molecule has 1 unspecified atom stereocenters. The Bertz CT molecular complexity index is 478. The summed E-state index contributed by atoms with van der Waals surface area (Å²) < 4.78 is 7.52. The van der Waals surface area contributed by atoms with E-state index in [0.29, 0.717) is 12.6 Å². The number of hydrogen-bond donors (Lipinski definition) is 1. The summed E-state index contributed by atoms with van der Waals surface area (Å²) in [6.45, 7) is 10.9. The van der Waals surface area contributed by atoms with Crippen molar-refractivity contribution in [3.63, 3.8) is 0 Å². The van der Waals surface area contributed by atoms with Gasteiger partial charge in [-0.1, -0.05) is 0 Å². The minimum Gasteiger partial charge on any atom is -0.444 e. The van der Waals surface area contributed by atoms with E-state index in [1.54, 1.807) is 4.90 Å². The van der Waals surface area contributed by atoms with E-state index in [1.807, 2.05) is 33.3 Å². The van der Waals surface area contributed by atoms with Crippen molar-refractivity contribution in [1.29, 1.82) is 0 Å². The van der Waals surface area contributed by atoms with E-state index >= 15 is 0 Å². The second kappa shape index (κ2) is 6.47. The lowest BCUT2D eigenvalue weighted by Crippen LogP contribution is -2.38. The van der Waals surface area contributed by atoms with Crippen LogP contribution in [0, 0.1) is 0 Å². The molecule has 1 fully saturated rings. The lowest BCUT2D eigenvalue weighted by molar-refractivity contribution is 0.0291. The van der Waals surface area contributed by atoms with Crippen LogP contribution in [-0.4, -0.2) is 45.3 Å². The maximum atomic E-state index is 12.0. The van der Waals surface area contributed by atoms with Gasteiger partial charge in [-0.25, -0.2) is 9.78 Å². The van der Waals surface area contributed by atoms with E-state index in [1.165, 1.54) is 5.69 Å². The van der Waals surface area contributed by atoms with Crippen molar-refractivity contribution in [3.05, 3.63) is 18.2 Å². The quantitative estimate of drug-likeness (QED) is 0.923. The Hall–Kier alpha value is -1.56. The third-order valence-electron chi connectivity index (χ3n) is 3.55. The van der Waals surface area contributed by atoms with Crippen LogP contribution in [0.25, 0.3) is 0 Å². The summed E-state index contributed by atoms with van der Waals surface area (Å²) in [4.78, 5) is 17.9. The van der Waals surface area contributed by atoms with Crippen LogP contribution in [0.5, 0.6) is 0 Å². The zero-order valence-electron chi connectivity index (χ0n) is 13.4. The predicted octanol–water partition coefficient (Wildman–Crippen LogP) is 2.00. The van der Waals surface area contributed by atoms with Gasteiger partial charge in [0.15, 0.2) is 0 Å². The normalized spacial score (nSPS) is 19.0. The van der Waals surface area contributed by atoms with Crippen LogP contribution < -0.4 is 5.32 Å². The standard InChI is InChI=1S/C15H26N4O2/c1-5-18-11-16-8-13(18)9-17-12-6-7-19(10-12)14(20)21-15(2,3)4/h8,11-12,17H,5-7,9-10H2,1-4H3. The highest BCUT2D eigenvalue weighted by Gasteiger charge is 2.29. The summed E-state index contributed by atoms with van der Waals surface area (Å²) in [5.41, 5.74) is 0.740. The molecule has 0 aliphatic carbocycles. The number of rotatable bonds is 4. The molecule has 118 valence electrons. The number of ether oxygens (including phenoxy) is 1. The summed E-state index contributed by atoms with van der Waals surface area (Å²) >= 11 is 0. The van der Waals surface area contributed by atoms with Crippen molar-refractivity contribution in [1.82, 2.24) is 19.8 Å². The number of imidazole rings is 1. The van der Waals surface area contributed by atoms with E-state index in [9.17, 15) is 4.79 Å². The van der Waals surface area contributed by atoms with Crippen LogP contribution in [0.4, 0.5) is 4.79 Å². The zero-order chi connectivity index (χ0) is 15.5. The molecule has 0 aromatic carbocycles. The molecule has 0 radical (unpaired) electrons. The Morgan fingerprint density at radius 2 is 2.29 bits per heavy atom.